The van der Waals surface area contributed by atoms with Gasteiger partial charge in [-0.15, -0.1) is 0 Å². The van der Waals surface area contributed by atoms with Crippen molar-refractivity contribution in [3.8, 4) is 0 Å². The van der Waals surface area contributed by atoms with Gasteiger partial charge in [-0.05, 0) is 36.5 Å². The van der Waals surface area contributed by atoms with Gasteiger partial charge in [0.15, 0.2) is 0 Å². The average molecular weight is 269 g/mol. The van der Waals surface area contributed by atoms with E-state index in [4.69, 9.17) is 5.11 Å². The largest absolute Gasteiger partial charge is 0.396 e. The monoisotopic (exact) mass is 269 g/mol. The molecule has 1 fully saturated rings. The van der Waals surface area contributed by atoms with Gasteiger partial charge >= 0.3 is 0 Å². The number of nitrogens with zero attached hydrogens (tertiary/aromatic N) is 1. The Morgan fingerprint density at radius 1 is 1.33 bits per heavy atom. The van der Waals surface area contributed by atoms with Crippen molar-refractivity contribution >= 4 is 10.0 Å². The molecule has 1 aromatic rings. The van der Waals surface area contributed by atoms with E-state index in [2.05, 4.69) is 0 Å². The normalized spacial score (nSPS) is 21.3. The van der Waals surface area contributed by atoms with Crippen molar-refractivity contribution in [1.29, 1.82) is 0 Å². The highest BCUT2D eigenvalue weighted by Gasteiger charge is 2.31. The van der Waals surface area contributed by atoms with Crippen molar-refractivity contribution in [2.75, 3.05) is 19.7 Å². The van der Waals surface area contributed by atoms with Gasteiger partial charge in [0, 0.05) is 19.7 Å². The molecule has 1 saturated heterocycles. The van der Waals surface area contributed by atoms with Gasteiger partial charge in [-0.3, -0.25) is 0 Å². The van der Waals surface area contributed by atoms with Gasteiger partial charge in [-0.1, -0.05) is 19.1 Å². The molecule has 1 N–H and O–H groups in total. The maximum Gasteiger partial charge on any atom is 0.243 e. The molecule has 100 valence electrons. The Morgan fingerprint density at radius 2 is 2.00 bits per heavy atom. The molecule has 0 spiro atoms. The van der Waals surface area contributed by atoms with Crippen LogP contribution in [-0.2, 0) is 16.4 Å². The molecule has 0 aliphatic carbocycles. The zero-order valence-corrected chi connectivity index (χ0v) is 11.4. The van der Waals surface area contributed by atoms with E-state index in [9.17, 15) is 8.42 Å². The lowest BCUT2D eigenvalue weighted by molar-refractivity contribution is 0.233. The maximum atomic E-state index is 12.3. The molecule has 0 saturated carbocycles. The van der Waals surface area contributed by atoms with E-state index in [1.807, 2.05) is 19.1 Å². The Bertz CT molecular complexity index is 495. The molecule has 1 aliphatic heterocycles. The Balaban J connectivity index is 2.20. The van der Waals surface area contributed by atoms with Crippen LogP contribution in [0.5, 0.6) is 0 Å². The lowest BCUT2D eigenvalue weighted by Crippen LogP contribution is -2.29. The van der Waals surface area contributed by atoms with Crippen molar-refractivity contribution in [1.82, 2.24) is 4.31 Å². The summed E-state index contributed by atoms with van der Waals surface area (Å²) < 4.78 is 26.1. The average Bonchev–Trinajstić information content (AvgIpc) is 2.88. The maximum absolute atomic E-state index is 12.3. The zero-order valence-electron chi connectivity index (χ0n) is 10.5. The van der Waals surface area contributed by atoms with E-state index in [-0.39, 0.29) is 12.5 Å². The van der Waals surface area contributed by atoms with E-state index in [1.54, 1.807) is 12.1 Å². The molecule has 0 amide bonds. The van der Waals surface area contributed by atoms with Crippen LogP contribution in [0.2, 0.25) is 0 Å². The van der Waals surface area contributed by atoms with Gasteiger partial charge in [-0.25, -0.2) is 8.42 Å². The summed E-state index contributed by atoms with van der Waals surface area (Å²) in [5.74, 6) is 0.0784. The number of hydrogen-bond acceptors (Lipinski definition) is 3. The summed E-state index contributed by atoms with van der Waals surface area (Å²) in [4.78, 5) is 0.346. The number of aliphatic hydroxyl groups excluding tert-OH is 1. The Kier molecular flexibility index (Phi) is 4.04. The molecular formula is C13H19NO3S. The highest BCUT2D eigenvalue weighted by atomic mass is 32.2. The molecule has 1 atom stereocenters. The first-order valence-corrected chi connectivity index (χ1v) is 7.72. The minimum atomic E-state index is -3.38. The first kappa shape index (κ1) is 13.5. The first-order valence-electron chi connectivity index (χ1n) is 6.28. The third-order valence-electron chi connectivity index (χ3n) is 3.48. The molecule has 1 aromatic carbocycles. The van der Waals surface area contributed by atoms with Crippen LogP contribution < -0.4 is 0 Å². The molecule has 1 aliphatic rings. The summed E-state index contributed by atoms with van der Waals surface area (Å²) in [6.45, 7) is 3.02. The number of rotatable bonds is 4. The van der Waals surface area contributed by atoms with E-state index in [1.165, 1.54) is 4.31 Å². The zero-order chi connectivity index (χ0) is 13.2. The number of aliphatic hydroxyl groups is 1. The second-order valence-corrected chi connectivity index (χ2v) is 6.64. The molecular weight excluding hydrogens is 250 g/mol. The molecule has 4 nitrogen and oxygen atoms in total. The van der Waals surface area contributed by atoms with Crippen LogP contribution in [0.15, 0.2) is 29.2 Å². The number of hydrogen-bond donors (Lipinski definition) is 1. The van der Waals surface area contributed by atoms with Gasteiger partial charge in [0.25, 0.3) is 0 Å². The summed E-state index contributed by atoms with van der Waals surface area (Å²) in [5, 5.41) is 9.07. The van der Waals surface area contributed by atoms with Gasteiger partial charge in [0.05, 0.1) is 4.90 Å². The minimum Gasteiger partial charge on any atom is -0.396 e. The van der Waals surface area contributed by atoms with Gasteiger partial charge in [0.2, 0.25) is 10.0 Å². The Labute approximate surface area is 108 Å². The molecule has 5 heteroatoms. The number of aryl methyl sites for hydroxylation is 1. The lowest BCUT2D eigenvalue weighted by atomic mass is 10.1. The Hall–Kier alpha value is -0.910. The fourth-order valence-electron chi connectivity index (χ4n) is 2.21. The van der Waals surface area contributed by atoms with Gasteiger partial charge in [0.1, 0.15) is 0 Å². The molecule has 0 bridgehead atoms. The van der Waals surface area contributed by atoms with E-state index in [0.717, 1.165) is 18.4 Å². The summed E-state index contributed by atoms with van der Waals surface area (Å²) in [6, 6.07) is 7.04. The second kappa shape index (κ2) is 5.38. The molecule has 1 unspecified atom stereocenters. The minimum absolute atomic E-state index is 0.0563. The third-order valence-corrected chi connectivity index (χ3v) is 5.36. The van der Waals surface area contributed by atoms with Crippen molar-refractivity contribution in [2.45, 2.75) is 24.7 Å². The fourth-order valence-corrected chi connectivity index (χ4v) is 3.74. The van der Waals surface area contributed by atoms with E-state index < -0.39 is 10.0 Å². The molecule has 0 aromatic heterocycles. The van der Waals surface area contributed by atoms with Crippen LogP contribution >= 0.6 is 0 Å². The topological polar surface area (TPSA) is 57.6 Å². The summed E-state index contributed by atoms with van der Waals surface area (Å²) >= 11 is 0. The van der Waals surface area contributed by atoms with E-state index in [0.29, 0.717) is 18.0 Å². The van der Waals surface area contributed by atoms with Crippen LogP contribution in [-0.4, -0.2) is 37.5 Å². The van der Waals surface area contributed by atoms with Crippen LogP contribution in [0.25, 0.3) is 0 Å². The molecule has 2 rings (SSSR count). The van der Waals surface area contributed by atoms with Crippen molar-refractivity contribution in [2.24, 2.45) is 5.92 Å². The van der Waals surface area contributed by atoms with Gasteiger partial charge in [-0.2, -0.15) is 4.31 Å². The summed E-state index contributed by atoms with van der Waals surface area (Å²) in [7, 11) is -3.38. The van der Waals surface area contributed by atoms with Gasteiger partial charge < -0.3 is 5.11 Å². The number of benzene rings is 1. The highest BCUT2D eigenvalue weighted by molar-refractivity contribution is 7.89. The number of sulfonamides is 1. The smallest absolute Gasteiger partial charge is 0.243 e. The van der Waals surface area contributed by atoms with Crippen molar-refractivity contribution < 1.29 is 13.5 Å². The van der Waals surface area contributed by atoms with Crippen LogP contribution in [0.4, 0.5) is 0 Å². The first-order chi connectivity index (χ1) is 8.57. The summed E-state index contributed by atoms with van der Waals surface area (Å²) in [5.41, 5.74) is 1.13. The summed E-state index contributed by atoms with van der Waals surface area (Å²) in [6.07, 6.45) is 1.64. The predicted octanol–water partition coefficient (Wildman–Crippen LogP) is 1.25. The van der Waals surface area contributed by atoms with Crippen molar-refractivity contribution in [3.05, 3.63) is 29.8 Å². The fraction of sp³-hybridized carbons (Fsp3) is 0.538. The van der Waals surface area contributed by atoms with E-state index >= 15 is 0 Å². The standard InChI is InChI=1S/C13H19NO3S/c1-2-11-3-5-13(6-4-11)18(16,17)14-8-7-12(9-14)10-15/h3-6,12,15H,2,7-10H2,1H3. The van der Waals surface area contributed by atoms with Crippen molar-refractivity contribution in [3.63, 3.8) is 0 Å². The van der Waals surface area contributed by atoms with Crippen LogP contribution in [0.3, 0.4) is 0 Å². The predicted molar refractivity (Wildman–Crippen MR) is 69.8 cm³/mol. The SMILES string of the molecule is CCc1ccc(S(=O)(=O)N2CCC(CO)C2)cc1. The molecule has 0 radical (unpaired) electrons. The van der Waals surface area contributed by atoms with Crippen LogP contribution in [0.1, 0.15) is 18.9 Å². The molecule has 1 heterocycles. The highest BCUT2D eigenvalue weighted by Crippen LogP contribution is 2.24. The second-order valence-electron chi connectivity index (χ2n) is 4.70. The van der Waals surface area contributed by atoms with Crippen LogP contribution in [0, 0.1) is 5.92 Å². The lowest BCUT2D eigenvalue weighted by Gasteiger charge is -2.16. The third kappa shape index (κ3) is 2.58. The molecule has 18 heavy (non-hydrogen) atoms. The quantitative estimate of drug-likeness (QED) is 0.895. The Morgan fingerprint density at radius 3 is 2.50 bits per heavy atom.